The molecule has 0 aromatic heterocycles. The van der Waals surface area contributed by atoms with Gasteiger partial charge >= 0.3 is 0 Å². The van der Waals surface area contributed by atoms with Crippen LogP contribution in [0, 0.1) is 0 Å². The maximum absolute atomic E-state index is 6.27. The van der Waals surface area contributed by atoms with Crippen molar-refractivity contribution in [3.63, 3.8) is 0 Å². The number of rotatable bonds is 2. The minimum Gasteiger partial charge on any atom is -0.488 e. The normalized spacial score (nSPS) is 17.1. The van der Waals surface area contributed by atoms with Gasteiger partial charge in [0.1, 0.15) is 11.9 Å². The van der Waals surface area contributed by atoms with Crippen molar-refractivity contribution in [2.75, 3.05) is 6.54 Å². The summed E-state index contributed by atoms with van der Waals surface area (Å²) in [5, 5.41) is 1.25. The first-order valence-corrected chi connectivity index (χ1v) is 6.88. The van der Waals surface area contributed by atoms with Crippen LogP contribution in [0.5, 0.6) is 5.75 Å². The lowest BCUT2D eigenvalue weighted by Crippen LogP contribution is -2.24. The van der Waals surface area contributed by atoms with E-state index in [1.54, 1.807) is 6.07 Å². The predicted molar refractivity (Wildman–Crippen MR) is 79.1 cm³/mol. The molecule has 1 heterocycles. The Morgan fingerprint density at radius 3 is 2.74 bits per heavy atom. The van der Waals surface area contributed by atoms with Crippen molar-refractivity contribution >= 4 is 23.2 Å². The first-order chi connectivity index (χ1) is 9.19. The average molecular weight is 294 g/mol. The summed E-state index contributed by atoms with van der Waals surface area (Å²) in [4.78, 5) is 0. The Hall–Kier alpha value is -1.22. The highest BCUT2D eigenvalue weighted by atomic mass is 35.5. The standard InChI is InChI=1S/C15H13Cl2NO/c16-10-4-5-12(14(17)7-10)13-3-1-2-9-6-11(8-18)19-15(9)13/h1-5,7,11H,6,8,18H2/t11-/m0/s1. The van der Waals surface area contributed by atoms with Gasteiger partial charge < -0.3 is 10.5 Å². The van der Waals surface area contributed by atoms with Crippen molar-refractivity contribution in [3.05, 3.63) is 52.0 Å². The lowest BCUT2D eigenvalue weighted by Gasteiger charge is -2.12. The van der Waals surface area contributed by atoms with Crippen molar-refractivity contribution in [2.45, 2.75) is 12.5 Å². The van der Waals surface area contributed by atoms with Gasteiger partial charge in [0.15, 0.2) is 0 Å². The predicted octanol–water partition coefficient (Wildman–Crippen LogP) is 3.92. The van der Waals surface area contributed by atoms with Crippen molar-refractivity contribution in [1.82, 2.24) is 0 Å². The van der Waals surface area contributed by atoms with E-state index in [1.807, 2.05) is 24.3 Å². The maximum atomic E-state index is 6.27. The number of para-hydroxylation sites is 1. The molecule has 0 spiro atoms. The van der Waals surface area contributed by atoms with Crippen LogP contribution in [0.25, 0.3) is 11.1 Å². The first-order valence-electron chi connectivity index (χ1n) is 6.13. The fourth-order valence-electron chi connectivity index (χ4n) is 2.39. The van der Waals surface area contributed by atoms with Crippen LogP contribution >= 0.6 is 23.2 Å². The summed E-state index contributed by atoms with van der Waals surface area (Å²) < 4.78 is 5.91. The summed E-state index contributed by atoms with van der Waals surface area (Å²) in [6.07, 6.45) is 0.910. The van der Waals surface area contributed by atoms with Gasteiger partial charge in [-0.25, -0.2) is 0 Å². The Balaban J connectivity index is 2.10. The van der Waals surface area contributed by atoms with Gasteiger partial charge in [0, 0.05) is 29.1 Å². The molecule has 0 aliphatic carbocycles. The summed E-state index contributed by atoms with van der Waals surface area (Å²) in [6.45, 7) is 0.516. The minimum absolute atomic E-state index is 0.0576. The maximum Gasteiger partial charge on any atom is 0.131 e. The largest absolute Gasteiger partial charge is 0.488 e. The molecular formula is C15H13Cl2NO. The van der Waals surface area contributed by atoms with Gasteiger partial charge in [-0.3, -0.25) is 0 Å². The number of hydrogen-bond donors (Lipinski definition) is 1. The van der Waals surface area contributed by atoms with Gasteiger partial charge in [-0.05, 0) is 17.7 Å². The van der Waals surface area contributed by atoms with Gasteiger partial charge in [0.05, 0.1) is 5.02 Å². The molecule has 0 saturated carbocycles. The highest BCUT2D eigenvalue weighted by Gasteiger charge is 2.25. The van der Waals surface area contributed by atoms with E-state index in [4.69, 9.17) is 33.7 Å². The molecule has 2 aromatic carbocycles. The SMILES string of the molecule is NC[C@@H]1Cc2cccc(-c3ccc(Cl)cc3Cl)c2O1. The molecule has 2 N–H and O–H groups in total. The molecule has 2 aromatic rings. The van der Waals surface area contributed by atoms with Crippen LogP contribution in [0.2, 0.25) is 10.0 Å². The molecular weight excluding hydrogens is 281 g/mol. The van der Waals surface area contributed by atoms with E-state index < -0.39 is 0 Å². The summed E-state index contributed by atoms with van der Waals surface area (Å²) in [6, 6.07) is 11.6. The van der Waals surface area contributed by atoms with Crippen molar-refractivity contribution in [1.29, 1.82) is 0 Å². The molecule has 2 nitrogen and oxygen atoms in total. The molecule has 0 fully saturated rings. The Morgan fingerprint density at radius 2 is 2.00 bits per heavy atom. The second-order valence-electron chi connectivity index (χ2n) is 4.60. The number of halogens is 2. The van der Waals surface area contributed by atoms with Crippen molar-refractivity contribution in [2.24, 2.45) is 5.73 Å². The van der Waals surface area contributed by atoms with E-state index in [9.17, 15) is 0 Å². The summed E-state index contributed by atoms with van der Waals surface area (Å²) in [5.41, 5.74) is 8.79. The fourth-order valence-corrected chi connectivity index (χ4v) is 2.90. The van der Waals surface area contributed by atoms with Gasteiger partial charge in [-0.2, -0.15) is 0 Å². The van der Waals surface area contributed by atoms with E-state index in [1.165, 1.54) is 5.56 Å². The highest BCUT2D eigenvalue weighted by molar-refractivity contribution is 6.36. The molecule has 1 aliphatic rings. The number of ether oxygens (including phenoxy) is 1. The molecule has 19 heavy (non-hydrogen) atoms. The summed E-state index contributed by atoms with van der Waals surface area (Å²) in [7, 11) is 0. The molecule has 0 unspecified atom stereocenters. The lowest BCUT2D eigenvalue weighted by molar-refractivity contribution is 0.242. The molecule has 0 saturated heterocycles. The third-order valence-electron chi connectivity index (χ3n) is 3.31. The zero-order chi connectivity index (χ0) is 13.4. The number of benzene rings is 2. The lowest BCUT2D eigenvalue weighted by atomic mass is 10.0. The van der Waals surface area contributed by atoms with Crippen molar-refractivity contribution < 1.29 is 4.74 Å². The van der Waals surface area contributed by atoms with Gasteiger partial charge in [-0.1, -0.05) is 47.5 Å². The van der Waals surface area contributed by atoms with E-state index >= 15 is 0 Å². The topological polar surface area (TPSA) is 35.2 Å². The highest BCUT2D eigenvalue weighted by Crippen LogP contribution is 2.41. The second kappa shape index (κ2) is 5.04. The molecule has 1 atom stereocenters. The van der Waals surface area contributed by atoms with Crippen LogP contribution in [0.1, 0.15) is 5.56 Å². The van der Waals surface area contributed by atoms with Crippen molar-refractivity contribution in [3.8, 4) is 16.9 Å². The number of hydrogen-bond acceptors (Lipinski definition) is 2. The third-order valence-corrected chi connectivity index (χ3v) is 3.86. The Kier molecular flexibility index (Phi) is 3.40. The van der Waals surface area contributed by atoms with Gasteiger partial charge in [-0.15, -0.1) is 0 Å². The van der Waals surface area contributed by atoms with E-state index in [-0.39, 0.29) is 6.10 Å². The van der Waals surface area contributed by atoms with Gasteiger partial charge in [0.25, 0.3) is 0 Å². The Labute approximate surface area is 122 Å². The quantitative estimate of drug-likeness (QED) is 0.911. The summed E-state index contributed by atoms with van der Waals surface area (Å²) in [5.74, 6) is 0.891. The molecule has 98 valence electrons. The van der Waals surface area contributed by atoms with Crippen LogP contribution in [0.3, 0.4) is 0 Å². The molecule has 0 amide bonds. The number of nitrogens with two attached hydrogens (primary N) is 1. The average Bonchev–Trinajstić information content (AvgIpc) is 2.82. The smallest absolute Gasteiger partial charge is 0.131 e. The molecule has 0 radical (unpaired) electrons. The molecule has 4 heteroatoms. The van der Waals surface area contributed by atoms with E-state index in [0.29, 0.717) is 16.6 Å². The molecule has 3 rings (SSSR count). The molecule has 1 aliphatic heterocycles. The monoisotopic (exact) mass is 293 g/mol. The fraction of sp³-hybridized carbons (Fsp3) is 0.200. The molecule has 0 bridgehead atoms. The van der Waals surface area contributed by atoms with E-state index in [0.717, 1.165) is 23.3 Å². The minimum atomic E-state index is 0.0576. The Bertz CT molecular complexity index is 628. The Morgan fingerprint density at radius 1 is 1.16 bits per heavy atom. The zero-order valence-electron chi connectivity index (χ0n) is 10.2. The van der Waals surface area contributed by atoms with Crippen LogP contribution in [-0.4, -0.2) is 12.6 Å². The third kappa shape index (κ3) is 2.32. The van der Waals surface area contributed by atoms with Gasteiger partial charge in [0.2, 0.25) is 0 Å². The number of fused-ring (bicyclic) bond motifs is 1. The van der Waals surface area contributed by atoms with Crippen LogP contribution < -0.4 is 10.5 Å². The first kappa shape index (κ1) is 12.8. The zero-order valence-corrected chi connectivity index (χ0v) is 11.7. The second-order valence-corrected chi connectivity index (χ2v) is 5.44. The van der Waals surface area contributed by atoms with Crippen LogP contribution in [0.4, 0.5) is 0 Å². The summed E-state index contributed by atoms with van der Waals surface area (Å²) >= 11 is 12.2. The van der Waals surface area contributed by atoms with Crippen LogP contribution in [0.15, 0.2) is 36.4 Å². The van der Waals surface area contributed by atoms with E-state index in [2.05, 4.69) is 6.07 Å². The van der Waals surface area contributed by atoms with Crippen LogP contribution in [-0.2, 0) is 6.42 Å².